The molecule has 0 spiro atoms. The van der Waals surface area contributed by atoms with Gasteiger partial charge in [-0.3, -0.25) is 0 Å². The summed E-state index contributed by atoms with van der Waals surface area (Å²) in [6, 6.07) is 5.27. The summed E-state index contributed by atoms with van der Waals surface area (Å²) in [4.78, 5) is 16.9. The maximum Gasteiger partial charge on any atom is 0.336 e. The van der Waals surface area contributed by atoms with Gasteiger partial charge in [-0.25, -0.2) is 9.78 Å². The number of rotatable bonds is 4. The van der Waals surface area contributed by atoms with Crippen molar-refractivity contribution in [3.63, 3.8) is 0 Å². The summed E-state index contributed by atoms with van der Waals surface area (Å²) in [6.07, 6.45) is 1.73. The molecule has 0 unspecified atom stereocenters. The fraction of sp³-hybridized carbons (Fsp3) is 0.0909. The molecular weight excluding hydrogens is 358 g/mol. The van der Waals surface area contributed by atoms with Crippen LogP contribution in [0.1, 0.15) is 15.2 Å². The van der Waals surface area contributed by atoms with Crippen molar-refractivity contribution >= 4 is 56.6 Å². The van der Waals surface area contributed by atoms with E-state index in [4.69, 9.17) is 16.7 Å². The lowest BCUT2D eigenvalue weighted by atomic mass is 10.2. The Morgan fingerprint density at radius 1 is 1.56 bits per heavy atom. The molecule has 0 aliphatic heterocycles. The number of hydrogen-bond acceptors (Lipinski definition) is 4. The van der Waals surface area contributed by atoms with Crippen LogP contribution in [0.2, 0.25) is 4.47 Å². The molecule has 1 aromatic carbocycles. The van der Waals surface area contributed by atoms with Crippen LogP contribution in [-0.4, -0.2) is 16.1 Å². The summed E-state index contributed by atoms with van der Waals surface area (Å²) in [5, 5.41) is 9.01. The van der Waals surface area contributed by atoms with Crippen molar-refractivity contribution in [1.82, 2.24) is 4.98 Å². The monoisotopic (exact) mass is 363 g/mol. The normalized spacial score (nSPS) is 10.6. The molecule has 0 saturated carbocycles. The largest absolute Gasteiger partial charge is 0.478 e. The van der Waals surface area contributed by atoms with E-state index in [2.05, 4.69) is 20.9 Å². The number of carboxylic acids is 1. The van der Waals surface area contributed by atoms with E-state index in [9.17, 15) is 4.79 Å². The zero-order valence-electron chi connectivity index (χ0n) is 8.89. The molecule has 0 amide bonds. The number of aromatic nitrogens is 1. The molecule has 0 aliphatic rings. The minimum atomic E-state index is -0.940. The third-order valence-corrected chi connectivity index (χ3v) is 5.11. The first-order chi connectivity index (χ1) is 8.56. The van der Waals surface area contributed by atoms with Crippen LogP contribution < -0.4 is 0 Å². The Morgan fingerprint density at radius 3 is 2.94 bits per heavy atom. The molecule has 0 atom stereocenters. The van der Waals surface area contributed by atoms with Crippen molar-refractivity contribution in [3.8, 4) is 0 Å². The molecule has 1 N–H and O–H groups in total. The van der Waals surface area contributed by atoms with E-state index < -0.39 is 5.97 Å². The van der Waals surface area contributed by atoms with Crippen molar-refractivity contribution in [2.24, 2.45) is 0 Å². The Labute approximate surface area is 125 Å². The first-order valence-corrected chi connectivity index (χ1v) is 7.79. The fourth-order valence-electron chi connectivity index (χ4n) is 1.26. The predicted molar refractivity (Wildman–Crippen MR) is 77.8 cm³/mol. The van der Waals surface area contributed by atoms with Crippen LogP contribution in [0.5, 0.6) is 0 Å². The van der Waals surface area contributed by atoms with Gasteiger partial charge in [0.05, 0.1) is 5.56 Å². The van der Waals surface area contributed by atoms with E-state index in [1.807, 2.05) is 6.07 Å². The molecule has 2 aromatic rings. The second-order valence-corrected chi connectivity index (χ2v) is 6.92. The highest BCUT2D eigenvalue weighted by Crippen LogP contribution is 2.29. The van der Waals surface area contributed by atoms with Crippen molar-refractivity contribution in [2.45, 2.75) is 10.6 Å². The van der Waals surface area contributed by atoms with Crippen LogP contribution in [-0.2, 0) is 5.75 Å². The Bertz CT molecular complexity index is 588. The van der Waals surface area contributed by atoms with Gasteiger partial charge in [0.15, 0.2) is 4.47 Å². The molecule has 0 saturated heterocycles. The summed E-state index contributed by atoms with van der Waals surface area (Å²) in [7, 11) is 0. The van der Waals surface area contributed by atoms with E-state index in [-0.39, 0.29) is 5.56 Å². The highest BCUT2D eigenvalue weighted by molar-refractivity contribution is 9.10. The Balaban J connectivity index is 2.10. The number of carboxylic acid groups (broad SMARTS) is 1. The highest BCUT2D eigenvalue weighted by atomic mass is 79.9. The molecule has 2 rings (SSSR count). The lowest BCUT2D eigenvalue weighted by Crippen LogP contribution is -1.97. The minimum Gasteiger partial charge on any atom is -0.478 e. The molecule has 7 heteroatoms. The number of aromatic carboxylic acids is 1. The minimum absolute atomic E-state index is 0.266. The summed E-state index contributed by atoms with van der Waals surface area (Å²) < 4.78 is 1.10. The second kappa shape index (κ2) is 6.06. The molecule has 3 nitrogen and oxygen atoms in total. The summed E-state index contributed by atoms with van der Waals surface area (Å²) >= 11 is 11.9. The Hall–Kier alpha value is -0.560. The fourth-order valence-corrected chi connectivity index (χ4v) is 3.61. The standard InChI is InChI=1S/C11H7BrClNO2S2/c12-9-2-1-6(3-8(9)10(15)16)17-5-7-4-14-11(13)18-7/h1-4H,5H2,(H,15,16). The van der Waals surface area contributed by atoms with Gasteiger partial charge in [0.1, 0.15) is 0 Å². The van der Waals surface area contributed by atoms with E-state index >= 15 is 0 Å². The quantitative estimate of drug-likeness (QED) is 0.809. The third kappa shape index (κ3) is 3.47. The number of halogens is 2. The zero-order valence-corrected chi connectivity index (χ0v) is 12.9. The molecular formula is C11H7BrClNO2S2. The van der Waals surface area contributed by atoms with Gasteiger partial charge < -0.3 is 5.11 Å². The van der Waals surface area contributed by atoms with Gasteiger partial charge in [-0.05, 0) is 34.1 Å². The van der Waals surface area contributed by atoms with Crippen molar-refractivity contribution in [1.29, 1.82) is 0 Å². The van der Waals surface area contributed by atoms with E-state index in [1.54, 1.807) is 30.1 Å². The number of nitrogens with zero attached hydrogens (tertiary/aromatic N) is 1. The summed E-state index contributed by atoms with van der Waals surface area (Å²) in [6.45, 7) is 0. The molecule has 0 aliphatic carbocycles. The second-order valence-electron chi connectivity index (χ2n) is 3.32. The number of benzene rings is 1. The lowest BCUT2D eigenvalue weighted by Gasteiger charge is -2.03. The van der Waals surface area contributed by atoms with Crippen LogP contribution in [0, 0.1) is 0 Å². The van der Waals surface area contributed by atoms with Crippen molar-refractivity contribution in [2.75, 3.05) is 0 Å². The van der Waals surface area contributed by atoms with Gasteiger partial charge in [0.2, 0.25) is 0 Å². The number of hydrogen-bond donors (Lipinski definition) is 1. The average molecular weight is 365 g/mol. The van der Waals surface area contributed by atoms with Crippen molar-refractivity contribution < 1.29 is 9.90 Å². The number of thiazole rings is 1. The Kier molecular flexibility index (Phi) is 4.66. The zero-order chi connectivity index (χ0) is 13.1. The predicted octanol–water partition coefficient (Wildman–Crippen LogP) is 4.55. The first-order valence-electron chi connectivity index (χ1n) is 4.82. The van der Waals surface area contributed by atoms with E-state index in [0.29, 0.717) is 8.94 Å². The van der Waals surface area contributed by atoms with Crippen LogP contribution in [0.3, 0.4) is 0 Å². The molecule has 18 heavy (non-hydrogen) atoms. The van der Waals surface area contributed by atoms with Gasteiger partial charge in [-0.1, -0.05) is 11.6 Å². The lowest BCUT2D eigenvalue weighted by molar-refractivity contribution is 0.0695. The molecule has 1 heterocycles. The van der Waals surface area contributed by atoms with Crippen LogP contribution in [0.25, 0.3) is 0 Å². The molecule has 0 fully saturated rings. The average Bonchev–Trinajstić information content (AvgIpc) is 2.74. The summed E-state index contributed by atoms with van der Waals surface area (Å²) in [5.41, 5.74) is 0.266. The highest BCUT2D eigenvalue weighted by Gasteiger charge is 2.09. The van der Waals surface area contributed by atoms with Gasteiger partial charge in [-0.2, -0.15) is 0 Å². The molecule has 1 aromatic heterocycles. The van der Waals surface area contributed by atoms with Gasteiger partial charge >= 0.3 is 5.97 Å². The third-order valence-electron chi connectivity index (χ3n) is 2.07. The SMILES string of the molecule is O=C(O)c1cc(SCc2cnc(Cl)s2)ccc1Br. The topological polar surface area (TPSA) is 50.2 Å². The smallest absolute Gasteiger partial charge is 0.336 e. The molecule has 0 bridgehead atoms. The summed E-state index contributed by atoms with van der Waals surface area (Å²) in [5.74, 6) is -0.212. The van der Waals surface area contributed by atoms with Crippen LogP contribution in [0.15, 0.2) is 33.8 Å². The first kappa shape index (κ1) is 13.9. The maximum absolute atomic E-state index is 11.0. The van der Waals surface area contributed by atoms with Gasteiger partial charge in [-0.15, -0.1) is 23.1 Å². The molecule has 94 valence electrons. The van der Waals surface area contributed by atoms with E-state index in [1.165, 1.54) is 11.3 Å². The van der Waals surface area contributed by atoms with Gasteiger partial charge in [0.25, 0.3) is 0 Å². The van der Waals surface area contributed by atoms with Crippen LogP contribution >= 0.6 is 50.6 Å². The van der Waals surface area contributed by atoms with Crippen LogP contribution in [0.4, 0.5) is 0 Å². The maximum atomic E-state index is 11.0. The van der Waals surface area contributed by atoms with Gasteiger partial charge in [0, 0.05) is 26.2 Å². The number of carbonyl (C=O) groups is 1. The Morgan fingerprint density at radius 2 is 2.33 bits per heavy atom. The molecule has 0 radical (unpaired) electrons. The van der Waals surface area contributed by atoms with Crippen molar-refractivity contribution in [3.05, 3.63) is 43.8 Å². The number of thioether (sulfide) groups is 1. The van der Waals surface area contributed by atoms with E-state index in [0.717, 1.165) is 15.5 Å².